The average Bonchev–Trinajstić information content (AvgIpc) is 3.29. The van der Waals surface area contributed by atoms with Gasteiger partial charge in [0.2, 0.25) is 0 Å². The highest BCUT2D eigenvalue weighted by Crippen LogP contribution is 2.46. The number of nitriles is 1. The number of rotatable bonds is 3. The molecule has 1 aromatic heterocycles. The molecular formula is C26H22ClN5O. The zero-order valence-electron chi connectivity index (χ0n) is 18.1. The van der Waals surface area contributed by atoms with E-state index in [-0.39, 0.29) is 5.78 Å². The van der Waals surface area contributed by atoms with Gasteiger partial charge in [-0.1, -0.05) is 53.6 Å². The van der Waals surface area contributed by atoms with Crippen LogP contribution in [0.2, 0.25) is 5.02 Å². The van der Waals surface area contributed by atoms with Crippen molar-refractivity contribution in [3.8, 4) is 17.3 Å². The lowest BCUT2D eigenvalue weighted by molar-refractivity contribution is -0.116. The van der Waals surface area contributed by atoms with Crippen LogP contribution in [0.25, 0.3) is 11.3 Å². The number of Topliss-reactive ketones (excluding diaryl/α,β-unsaturated/α-hetero) is 1. The molecule has 3 aromatic rings. The van der Waals surface area contributed by atoms with Crippen LogP contribution < -0.4 is 10.6 Å². The van der Waals surface area contributed by atoms with Crippen molar-refractivity contribution >= 4 is 23.2 Å². The van der Waals surface area contributed by atoms with Gasteiger partial charge in [0.25, 0.3) is 0 Å². The number of carbonyl (C=O) groups excluding carboxylic acids is 1. The van der Waals surface area contributed by atoms with E-state index in [2.05, 4.69) is 16.3 Å². The van der Waals surface area contributed by atoms with Crippen molar-refractivity contribution in [2.75, 3.05) is 4.90 Å². The summed E-state index contributed by atoms with van der Waals surface area (Å²) < 4.78 is 0. The first-order chi connectivity index (χ1) is 16.0. The number of carbonyl (C=O) groups is 1. The number of aromatic nitrogens is 2. The highest BCUT2D eigenvalue weighted by Gasteiger charge is 2.40. The lowest BCUT2D eigenvalue weighted by Crippen LogP contribution is -2.38. The Morgan fingerprint density at radius 2 is 1.88 bits per heavy atom. The number of hydrogen-bond acceptors (Lipinski definition) is 5. The van der Waals surface area contributed by atoms with E-state index < -0.39 is 5.92 Å². The second-order valence-electron chi connectivity index (χ2n) is 8.37. The lowest BCUT2D eigenvalue weighted by Gasteiger charge is -2.38. The second-order valence-corrected chi connectivity index (χ2v) is 8.81. The van der Waals surface area contributed by atoms with Crippen LogP contribution in [0, 0.1) is 18.3 Å². The smallest absolute Gasteiger partial charge is 0.161 e. The Balaban J connectivity index is 1.65. The van der Waals surface area contributed by atoms with Crippen molar-refractivity contribution in [3.05, 3.63) is 93.4 Å². The molecule has 5 rings (SSSR count). The Kier molecular flexibility index (Phi) is 5.27. The first-order valence-electron chi connectivity index (χ1n) is 10.8. The number of allylic oxidation sites excluding steroid dienone is 3. The molecule has 33 heavy (non-hydrogen) atoms. The van der Waals surface area contributed by atoms with Crippen LogP contribution in [-0.2, 0) is 4.79 Å². The molecule has 164 valence electrons. The Bertz CT molecular complexity index is 1340. The van der Waals surface area contributed by atoms with Crippen molar-refractivity contribution in [3.63, 3.8) is 0 Å². The monoisotopic (exact) mass is 455 g/mol. The predicted molar refractivity (Wildman–Crippen MR) is 128 cm³/mol. The van der Waals surface area contributed by atoms with Gasteiger partial charge in [-0.25, -0.2) is 0 Å². The van der Waals surface area contributed by atoms with Gasteiger partial charge in [0.05, 0.1) is 23.3 Å². The zero-order valence-corrected chi connectivity index (χ0v) is 18.9. The van der Waals surface area contributed by atoms with Gasteiger partial charge in [-0.15, -0.1) is 0 Å². The van der Waals surface area contributed by atoms with Crippen LogP contribution in [0.5, 0.6) is 0 Å². The number of nitrogens with one attached hydrogen (secondary N) is 1. The van der Waals surface area contributed by atoms with E-state index in [9.17, 15) is 10.1 Å². The summed E-state index contributed by atoms with van der Waals surface area (Å²) in [6.07, 6.45) is 1.88. The SMILES string of the molecule is Cc1ccc(C2C(C#N)=C(N)N(c3cc(-c4ccc(Cl)cc4)[nH]n3)C3=C2C(=O)CCC3)cc1. The largest absolute Gasteiger partial charge is 0.384 e. The maximum absolute atomic E-state index is 13.2. The van der Waals surface area contributed by atoms with Crippen molar-refractivity contribution < 1.29 is 4.79 Å². The first kappa shape index (κ1) is 21.0. The molecule has 1 aliphatic heterocycles. The van der Waals surface area contributed by atoms with E-state index in [1.165, 1.54) is 0 Å². The minimum atomic E-state index is -0.468. The third-order valence-corrected chi connectivity index (χ3v) is 6.52. The van der Waals surface area contributed by atoms with E-state index >= 15 is 0 Å². The third-order valence-electron chi connectivity index (χ3n) is 6.27. The van der Waals surface area contributed by atoms with Gasteiger partial charge < -0.3 is 5.73 Å². The summed E-state index contributed by atoms with van der Waals surface area (Å²) in [7, 11) is 0. The molecule has 0 fully saturated rings. The molecule has 2 aliphatic rings. The van der Waals surface area contributed by atoms with Crippen LogP contribution in [0.4, 0.5) is 5.82 Å². The molecule has 6 nitrogen and oxygen atoms in total. The highest BCUT2D eigenvalue weighted by atomic mass is 35.5. The number of nitrogens with two attached hydrogens (primary N) is 1. The second kappa shape index (κ2) is 8.27. The quantitative estimate of drug-likeness (QED) is 0.555. The summed E-state index contributed by atoms with van der Waals surface area (Å²) in [5, 5.41) is 18.3. The maximum Gasteiger partial charge on any atom is 0.161 e. The van der Waals surface area contributed by atoms with Crippen molar-refractivity contribution in [1.29, 1.82) is 5.26 Å². The number of halogens is 1. The number of benzene rings is 2. The number of aromatic amines is 1. The summed E-state index contributed by atoms with van der Waals surface area (Å²) in [4.78, 5) is 15.0. The highest BCUT2D eigenvalue weighted by molar-refractivity contribution is 6.30. The third kappa shape index (κ3) is 3.61. The standard InChI is InChI=1S/C26H22ClN5O/c1-15-5-7-17(8-6-15)24-19(14-28)26(29)32(21-3-2-4-22(33)25(21)24)23-13-20(30-31-23)16-9-11-18(27)12-10-16/h5-13,24H,2-4,29H2,1H3,(H,30,31). The Morgan fingerprint density at radius 3 is 2.58 bits per heavy atom. The van der Waals surface area contributed by atoms with E-state index in [1.807, 2.05) is 61.5 Å². The van der Waals surface area contributed by atoms with Gasteiger partial charge >= 0.3 is 0 Å². The molecule has 0 bridgehead atoms. The van der Waals surface area contributed by atoms with E-state index in [1.54, 1.807) is 4.90 Å². The molecule has 1 aliphatic carbocycles. The van der Waals surface area contributed by atoms with Crippen molar-refractivity contribution in [2.24, 2.45) is 5.73 Å². The fraction of sp³-hybridized carbons (Fsp3) is 0.192. The summed E-state index contributed by atoms with van der Waals surface area (Å²) in [5.41, 5.74) is 12.2. The normalized spacial score (nSPS) is 18.4. The Labute approximate surface area is 197 Å². The summed E-state index contributed by atoms with van der Waals surface area (Å²) >= 11 is 6.01. The van der Waals surface area contributed by atoms with Crippen LogP contribution in [0.1, 0.15) is 36.3 Å². The Hall–Kier alpha value is -3.82. The Morgan fingerprint density at radius 1 is 1.15 bits per heavy atom. The van der Waals surface area contributed by atoms with E-state index in [0.29, 0.717) is 40.6 Å². The molecule has 7 heteroatoms. The first-order valence-corrected chi connectivity index (χ1v) is 11.2. The minimum absolute atomic E-state index is 0.0561. The molecule has 0 amide bonds. The fourth-order valence-corrected chi connectivity index (χ4v) is 4.77. The van der Waals surface area contributed by atoms with Crippen molar-refractivity contribution in [2.45, 2.75) is 32.1 Å². The van der Waals surface area contributed by atoms with E-state index in [4.69, 9.17) is 17.3 Å². The molecule has 2 aromatic carbocycles. The number of aryl methyl sites for hydroxylation is 1. The van der Waals surface area contributed by atoms with Gasteiger partial charge in [-0.3, -0.25) is 14.8 Å². The minimum Gasteiger partial charge on any atom is -0.384 e. The van der Waals surface area contributed by atoms with Crippen LogP contribution in [-0.4, -0.2) is 16.0 Å². The maximum atomic E-state index is 13.2. The molecule has 0 saturated carbocycles. The number of H-pyrrole nitrogens is 1. The summed E-state index contributed by atoms with van der Waals surface area (Å²) in [6, 6.07) is 19.5. The number of hydrogen-bond donors (Lipinski definition) is 2. The molecule has 0 saturated heterocycles. The predicted octanol–water partition coefficient (Wildman–Crippen LogP) is 5.34. The van der Waals surface area contributed by atoms with Gasteiger partial charge in [0.15, 0.2) is 11.6 Å². The van der Waals surface area contributed by atoms with Crippen molar-refractivity contribution in [1.82, 2.24) is 10.2 Å². The summed E-state index contributed by atoms with van der Waals surface area (Å²) in [6.45, 7) is 2.01. The van der Waals surface area contributed by atoms with Gasteiger partial charge in [0.1, 0.15) is 5.82 Å². The molecular weight excluding hydrogens is 434 g/mol. The molecule has 1 unspecified atom stereocenters. The number of anilines is 1. The van der Waals surface area contributed by atoms with Gasteiger partial charge in [0, 0.05) is 28.8 Å². The van der Waals surface area contributed by atoms with Gasteiger partial charge in [-0.2, -0.15) is 10.4 Å². The van der Waals surface area contributed by atoms with Gasteiger partial charge in [-0.05, 0) is 43.0 Å². The molecule has 3 N–H and O–H groups in total. The molecule has 2 heterocycles. The average molecular weight is 456 g/mol. The fourth-order valence-electron chi connectivity index (χ4n) is 4.64. The molecule has 0 radical (unpaired) electrons. The van der Waals surface area contributed by atoms with Crippen LogP contribution in [0.15, 0.2) is 77.3 Å². The zero-order chi connectivity index (χ0) is 23.1. The number of ketones is 1. The summed E-state index contributed by atoms with van der Waals surface area (Å²) in [5.74, 6) is 0.449. The topological polar surface area (TPSA) is 98.8 Å². The molecule has 1 atom stereocenters. The lowest BCUT2D eigenvalue weighted by atomic mass is 9.75. The van der Waals surface area contributed by atoms with Crippen LogP contribution in [0.3, 0.4) is 0 Å². The van der Waals surface area contributed by atoms with Crippen LogP contribution >= 0.6 is 11.6 Å². The number of nitrogens with zero attached hydrogens (tertiary/aromatic N) is 3. The molecule has 0 spiro atoms. The van der Waals surface area contributed by atoms with E-state index in [0.717, 1.165) is 34.5 Å².